The Balaban J connectivity index is 1.79. The minimum Gasteiger partial charge on any atom is -0.348 e. The first kappa shape index (κ1) is 14.1. The first-order valence-corrected chi connectivity index (χ1v) is 7.17. The Kier molecular flexibility index (Phi) is 4.01. The fourth-order valence-electron chi connectivity index (χ4n) is 2.39. The van der Waals surface area contributed by atoms with Crippen molar-refractivity contribution >= 4 is 5.91 Å². The van der Waals surface area contributed by atoms with Crippen LogP contribution < -0.4 is 5.32 Å². The molecule has 1 aromatic heterocycles. The lowest BCUT2D eigenvalue weighted by Crippen LogP contribution is -2.23. The summed E-state index contributed by atoms with van der Waals surface area (Å²) in [6, 6.07) is 17.2. The van der Waals surface area contributed by atoms with Gasteiger partial charge < -0.3 is 9.88 Å². The van der Waals surface area contributed by atoms with Gasteiger partial charge in [0.05, 0.1) is 5.69 Å². The molecule has 1 N–H and O–H groups in total. The average Bonchev–Trinajstić information content (AvgIpc) is 2.99. The number of carbonyl (C=O) groups is 1. The molecule has 0 atom stereocenters. The molecule has 3 aromatic rings. The second-order valence-electron chi connectivity index (χ2n) is 5.02. The van der Waals surface area contributed by atoms with Gasteiger partial charge in [-0.25, -0.2) is 4.98 Å². The van der Waals surface area contributed by atoms with E-state index in [1.165, 1.54) is 0 Å². The highest BCUT2D eigenvalue weighted by atomic mass is 16.1. The molecule has 0 aliphatic carbocycles. The van der Waals surface area contributed by atoms with E-state index in [0.29, 0.717) is 12.1 Å². The Morgan fingerprint density at radius 1 is 1.09 bits per heavy atom. The Hall–Kier alpha value is -2.88. The van der Waals surface area contributed by atoms with Crippen LogP contribution in [0.4, 0.5) is 0 Å². The second kappa shape index (κ2) is 6.26. The summed E-state index contributed by atoms with van der Waals surface area (Å²) in [4.78, 5) is 16.4. The molecule has 1 amide bonds. The van der Waals surface area contributed by atoms with Gasteiger partial charge in [-0.05, 0) is 30.7 Å². The molecule has 0 aliphatic rings. The fourth-order valence-corrected chi connectivity index (χ4v) is 2.39. The Labute approximate surface area is 129 Å². The first-order chi connectivity index (χ1) is 10.8. The van der Waals surface area contributed by atoms with Crippen LogP contribution >= 0.6 is 0 Å². The van der Waals surface area contributed by atoms with Gasteiger partial charge in [0, 0.05) is 24.5 Å². The van der Waals surface area contributed by atoms with E-state index >= 15 is 0 Å². The van der Waals surface area contributed by atoms with E-state index < -0.39 is 0 Å². The maximum atomic E-state index is 12.2. The maximum absolute atomic E-state index is 12.2. The molecule has 4 heteroatoms. The molecule has 22 heavy (non-hydrogen) atoms. The first-order valence-electron chi connectivity index (χ1n) is 7.17. The van der Waals surface area contributed by atoms with Crippen molar-refractivity contribution in [1.29, 1.82) is 0 Å². The summed E-state index contributed by atoms with van der Waals surface area (Å²) in [5.41, 5.74) is 2.75. The largest absolute Gasteiger partial charge is 0.348 e. The molecular formula is C18H17N3O. The predicted molar refractivity (Wildman–Crippen MR) is 85.9 cm³/mol. The van der Waals surface area contributed by atoms with E-state index in [4.69, 9.17) is 0 Å². The highest BCUT2D eigenvalue weighted by molar-refractivity contribution is 5.94. The fraction of sp³-hybridized carbons (Fsp3) is 0.111. The van der Waals surface area contributed by atoms with Crippen LogP contribution in [0.2, 0.25) is 0 Å². The van der Waals surface area contributed by atoms with Crippen LogP contribution in [0.5, 0.6) is 0 Å². The van der Waals surface area contributed by atoms with Gasteiger partial charge in [-0.2, -0.15) is 0 Å². The van der Waals surface area contributed by atoms with Gasteiger partial charge in [0.1, 0.15) is 5.82 Å². The van der Waals surface area contributed by atoms with E-state index in [9.17, 15) is 4.79 Å². The van der Waals surface area contributed by atoms with Gasteiger partial charge in [-0.15, -0.1) is 0 Å². The lowest BCUT2D eigenvalue weighted by molar-refractivity contribution is 0.0951. The van der Waals surface area contributed by atoms with Crippen LogP contribution in [0.1, 0.15) is 21.7 Å². The maximum Gasteiger partial charge on any atom is 0.251 e. The normalized spacial score (nSPS) is 10.4. The van der Waals surface area contributed by atoms with Crippen molar-refractivity contribution in [2.24, 2.45) is 0 Å². The highest BCUT2D eigenvalue weighted by Gasteiger charge is 2.09. The lowest BCUT2D eigenvalue weighted by Gasteiger charge is -2.12. The monoisotopic (exact) mass is 291 g/mol. The SMILES string of the molecule is Cc1nccn1-c1ccccc1CNC(=O)c1ccccc1. The molecule has 0 unspecified atom stereocenters. The molecule has 3 rings (SSSR count). The minimum atomic E-state index is -0.0715. The zero-order valence-corrected chi connectivity index (χ0v) is 12.4. The summed E-state index contributed by atoms with van der Waals surface area (Å²) in [6.07, 6.45) is 3.70. The average molecular weight is 291 g/mol. The molecule has 1 heterocycles. The molecule has 0 radical (unpaired) electrons. The van der Waals surface area contributed by atoms with Gasteiger partial charge in [-0.1, -0.05) is 36.4 Å². The number of hydrogen-bond donors (Lipinski definition) is 1. The van der Waals surface area contributed by atoms with E-state index in [0.717, 1.165) is 17.1 Å². The second-order valence-corrected chi connectivity index (χ2v) is 5.02. The summed E-state index contributed by atoms with van der Waals surface area (Å²) in [7, 11) is 0. The molecule has 4 nitrogen and oxygen atoms in total. The molecule has 0 fully saturated rings. The van der Waals surface area contributed by atoms with Crippen LogP contribution in [-0.2, 0) is 6.54 Å². The van der Waals surface area contributed by atoms with E-state index in [2.05, 4.69) is 10.3 Å². The molecule has 0 bridgehead atoms. The molecule has 110 valence electrons. The standard InChI is InChI=1S/C18H17N3O/c1-14-19-11-12-21(14)17-10-6-5-9-16(17)13-20-18(22)15-7-3-2-4-8-15/h2-12H,13H2,1H3,(H,20,22). The van der Waals surface area contributed by atoms with Gasteiger partial charge in [0.15, 0.2) is 0 Å². The topological polar surface area (TPSA) is 46.9 Å². The van der Waals surface area contributed by atoms with Crippen molar-refractivity contribution in [3.63, 3.8) is 0 Å². The Bertz CT molecular complexity index is 778. The number of amides is 1. The van der Waals surface area contributed by atoms with Gasteiger partial charge in [0.25, 0.3) is 5.91 Å². The van der Waals surface area contributed by atoms with E-state index in [-0.39, 0.29) is 5.91 Å². The Morgan fingerprint density at radius 3 is 2.55 bits per heavy atom. The third-order valence-corrected chi connectivity index (χ3v) is 3.55. The van der Waals surface area contributed by atoms with Crippen LogP contribution in [0, 0.1) is 6.92 Å². The molecular weight excluding hydrogens is 274 g/mol. The zero-order chi connectivity index (χ0) is 15.4. The number of rotatable bonds is 4. The number of nitrogens with zero attached hydrogens (tertiary/aromatic N) is 2. The van der Waals surface area contributed by atoms with Crippen LogP contribution in [0.15, 0.2) is 67.0 Å². The van der Waals surface area contributed by atoms with Crippen molar-refractivity contribution in [2.45, 2.75) is 13.5 Å². The van der Waals surface area contributed by atoms with Crippen LogP contribution in [-0.4, -0.2) is 15.5 Å². The highest BCUT2D eigenvalue weighted by Crippen LogP contribution is 2.16. The van der Waals surface area contributed by atoms with Gasteiger partial charge >= 0.3 is 0 Å². The van der Waals surface area contributed by atoms with Crippen molar-refractivity contribution in [2.75, 3.05) is 0 Å². The zero-order valence-electron chi connectivity index (χ0n) is 12.4. The van der Waals surface area contributed by atoms with E-state index in [1.807, 2.05) is 60.2 Å². The lowest BCUT2D eigenvalue weighted by atomic mass is 10.1. The van der Waals surface area contributed by atoms with Gasteiger partial charge in [0.2, 0.25) is 0 Å². The van der Waals surface area contributed by atoms with Crippen LogP contribution in [0.25, 0.3) is 5.69 Å². The molecule has 2 aromatic carbocycles. The third-order valence-electron chi connectivity index (χ3n) is 3.55. The van der Waals surface area contributed by atoms with Crippen LogP contribution in [0.3, 0.4) is 0 Å². The summed E-state index contributed by atoms with van der Waals surface area (Å²) in [6.45, 7) is 2.43. The summed E-state index contributed by atoms with van der Waals surface area (Å²) < 4.78 is 2.02. The van der Waals surface area contributed by atoms with Gasteiger partial charge in [-0.3, -0.25) is 4.79 Å². The quantitative estimate of drug-likeness (QED) is 0.803. The number of imidazole rings is 1. The number of carbonyl (C=O) groups excluding carboxylic acids is 1. The molecule has 0 saturated heterocycles. The van der Waals surface area contributed by atoms with Crippen molar-refractivity contribution in [3.8, 4) is 5.69 Å². The molecule has 0 saturated carbocycles. The third kappa shape index (κ3) is 2.91. The van der Waals surface area contributed by atoms with Crippen molar-refractivity contribution in [1.82, 2.24) is 14.9 Å². The van der Waals surface area contributed by atoms with E-state index in [1.54, 1.807) is 18.3 Å². The number of nitrogens with one attached hydrogen (secondary N) is 1. The number of benzene rings is 2. The summed E-state index contributed by atoms with van der Waals surface area (Å²) >= 11 is 0. The molecule has 0 aliphatic heterocycles. The Morgan fingerprint density at radius 2 is 1.82 bits per heavy atom. The smallest absolute Gasteiger partial charge is 0.251 e. The van der Waals surface area contributed by atoms with Crippen molar-refractivity contribution < 1.29 is 4.79 Å². The predicted octanol–water partition coefficient (Wildman–Crippen LogP) is 3.11. The number of aryl methyl sites for hydroxylation is 1. The molecule has 0 spiro atoms. The number of para-hydroxylation sites is 1. The number of aromatic nitrogens is 2. The van der Waals surface area contributed by atoms with Crippen molar-refractivity contribution in [3.05, 3.63) is 83.9 Å². The summed E-state index contributed by atoms with van der Waals surface area (Å²) in [5, 5.41) is 2.96. The number of hydrogen-bond acceptors (Lipinski definition) is 2. The minimum absolute atomic E-state index is 0.0715. The summed E-state index contributed by atoms with van der Waals surface area (Å²) in [5.74, 6) is 0.847.